The molecule has 0 aliphatic carbocycles. The zero-order valence-electron chi connectivity index (χ0n) is 27.0. The van der Waals surface area contributed by atoms with Crippen molar-refractivity contribution in [3.05, 3.63) is 83.4 Å². The van der Waals surface area contributed by atoms with Crippen LogP contribution >= 0.6 is 0 Å². The van der Waals surface area contributed by atoms with Crippen molar-refractivity contribution in [2.75, 3.05) is 38.5 Å². The maximum Gasteiger partial charge on any atom is 0.270 e. The molecule has 0 spiro atoms. The Morgan fingerprint density at radius 3 is 2.28 bits per heavy atom. The predicted molar refractivity (Wildman–Crippen MR) is 174 cm³/mol. The third-order valence-corrected chi connectivity index (χ3v) is 8.39. The maximum absolute atomic E-state index is 15.5. The van der Waals surface area contributed by atoms with E-state index in [1.165, 1.54) is 23.0 Å². The normalized spacial score (nSPS) is 15.5. The molecule has 4 rings (SSSR count). The Morgan fingerprint density at radius 1 is 0.935 bits per heavy atom. The molecule has 1 saturated heterocycles. The van der Waals surface area contributed by atoms with E-state index in [0.29, 0.717) is 37.3 Å². The predicted octanol–water partition coefficient (Wildman–Crippen LogP) is 3.18. The summed E-state index contributed by atoms with van der Waals surface area (Å²) in [6.07, 6.45) is 2.36. The number of nitrogens with one attached hydrogen (secondary N) is 3. The second-order valence-electron chi connectivity index (χ2n) is 11.5. The van der Waals surface area contributed by atoms with Crippen molar-refractivity contribution in [2.24, 2.45) is 0 Å². The highest BCUT2D eigenvalue weighted by Gasteiger charge is 2.32. The molecular weight excluding hydrogens is 589 g/mol. The van der Waals surface area contributed by atoms with Gasteiger partial charge in [-0.05, 0) is 49.7 Å². The van der Waals surface area contributed by atoms with Crippen LogP contribution in [0, 0.1) is 5.82 Å². The smallest absolute Gasteiger partial charge is 0.270 e. The van der Waals surface area contributed by atoms with Crippen molar-refractivity contribution in [1.82, 2.24) is 30.2 Å². The Balaban J connectivity index is 1.54. The van der Waals surface area contributed by atoms with Crippen LogP contribution in [-0.2, 0) is 27.3 Å². The topological polar surface area (TPSA) is 129 Å². The van der Waals surface area contributed by atoms with E-state index >= 15 is 4.39 Å². The van der Waals surface area contributed by atoms with Crippen molar-refractivity contribution < 1.29 is 23.6 Å². The number of aromatic nitrogens is 2. The van der Waals surface area contributed by atoms with Gasteiger partial charge >= 0.3 is 0 Å². The van der Waals surface area contributed by atoms with E-state index in [9.17, 15) is 19.2 Å². The van der Waals surface area contributed by atoms with Gasteiger partial charge in [-0.15, -0.1) is 0 Å². The molecule has 11 nitrogen and oxygen atoms in total. The lowest BCUT2D eigenvalue weighted by atomic mass is 9.88. The molecule has 3 aromatic rings. The highest BCUT2D eigenvalue weighted by molar-refractivity contribution is 6.01. The Bertz CT molecular complexity index is 1500. The van der Waals surface area contributed by atoms with Gasteiger partial charge in [-0.3, -0.25) is 23.9 Å². The summed E-state index contributed by atoms with van der Waals surface area (Å²) in [6, 6.07) is 13.4. The number of likely N-dealkylation sites (N-methyl/N-ethyl adjacent to an activating group) is 1. The molecule has 3 N–H and O–H groups in total. The number of nitrogens with zero attached hydrogens (tertiary/aromatic N) is 4. The average molecular weight is 634 g/mol. The number of piperazine rings is 1. The van der Waals surface area contributed by atoms with Crippen LogP contribution in [0.4, 0.5) is 10.1 Å². The number of aryl methyl sites for hydroxylation is 1. The maximum atomic E-state index is 15.5. The van der Waals surface area contributed by atoms with E-state index in [-0.39, 0.29) is 30.3 Å². The number of carbonyl (C=O) groups excluding carboxylic acids is 4. The minimum absolute atomic E-state index is 0.0611. The number of amides is 4. The summed E-state index contributed by atoms with van der Waals surface area (Å²) in [4.78, 5) is 56.6. The van der Waals surface area contributed by atoms with Gasteiger partial charge < -0.3 is 25.8 Å². The van der Waals surface area contributed by atoms with Crippen LogP contribution in [0.5, 0.6) is 0 Å². The number of carbonyl (C=O) groups is 4. The molecule has 1 aliphatic heterocycles. The minimum Gasteiger partial charge on any atom is -0.344 e. The van der Waals surface area contributed by atoms with Gasteiger partial charge in [0.15, 0.2) is 0 Å². The molecule has 0 radical (unpaired) electrons. The number of benzene rings is 2. The highest BCUT2D eigenvalue weighted by Crippen LogP contribution is 2.26. The van der Waals surface area contributed by atoms with Crippen molar-refractivity contribution >= 4 is 29.3 Å². The fourth-order valence-electron chi connectivity index (χ4n) is 5.68. The van der Waals surface area contributed by atoms with Crippen LogP contribution < -0.4 is 16.0 Å². The Morgan fingerprint density at radius 2 is 1.65 bits per heavy atom. The molecular formula is C34H44FN7O4. The quantitative estimate of drug-likeness (QED) is 0.265. The van der Waals surface area contributed by atoms with E-state index in [2.05, 4.69) is 25.9 Å². The zero-order valence-corrected chi connectivity index (χ0v) is 27.0. The largest absolute Gasteiger partial charge is 0.344 e. The van der Waals surface area contributed by atoms with E-state index < -0.39 is 35.6 Å². The summed E-state index contributed by atoms with van der Waals surface area (Å²) in [6.45, 7) is 8.53. The van der Waals surface area contributed by atoms with Gasteiger partial charge in [-0.1, -0.05) is 50.2 Å². The molecule has 0 unspecified atom stereocenters. The van der Waals surface area contributed by atoms with Crippen molar-refractivity contribution in [3.63, 3.8) is 0 Å². The number of hydrogen-bond acceptors (Lipinski definition) is 6. The highest BCUT2D eigenvalue weighted by atomic mass is 19.1. The first-order valence-electron chi connectivity index (χ1n) is 15.9. The molecule has 246 valence electrons. The van der Waals surface area contributed by atoms with Crippen molar-refractivity contribution in [3.8, 4) is 0 Å². The van der Waals surface area contributed by atoms with Gasteiger partial charge in [0.1, 0.15) is 23.6 Å². The summed E-state index contributed by atoms with van der Waals surface area (Å²) in [7, 11) is 1.99. The third kappa shape index (κ3) is 8.57. The van der Waals surface area contributed by atoms with Gasteiger partial charge in [-0.2, -0.15) is 5.10 Å². The molecule has 0 bridgehead atoms. The van der Waals surface area contributed by atoms with Gasteiger partial charge in [0.05, 0.1) is 5.69 Å². The third-order valence-electron chi connectivity index (χ3n) is 8.39. The summed E-state index contributed by atoms with van der Waals surface area (Å²) >= 11 is 0. The molecule has 4 amide bonds. The van der Waals surface area contributed by atoms with Gasteiger partial charge in [0.2, 0.25) is 17.7 Å². The summed E-state index contributed by atoms with van der Waals surface area (Å²) < 4.78 is 17.1. The fourth-order valence-corrected chi connectivity index (χ4v) is 5.68. The van der Waals surface area contributed by atoms with Gasteiger partial charge in [-0.25, -0.2) is 4.39 Å². The lowest BCUT2D eigenvalue weighted by molar-refractivity contribution is -0.137. The Kier molecular flexibility index (Phi) is 12.0. The molecule has 1 fully saturated rings. The molecule has 46 heavy (non-hydrogen) atoms. The first-order valence-corrected chi connectivity index (χ1v) is 15.9. The monoisotopic (exact) mass is 633 g/mol. The molecule has 0 saturated carbocycles. The van der Waals surface area contributed by atoms with Crippen molar-refractivity contribution in [2.45, 2.75) is 64.6 Å². The van der Waals surface area contributed by atoms with Crippen LogP contribution in [0.1, 0.15) is 61.1 Å². The first-order chi connectivity index (χ1) is 22.1. The van der Waals surface area contributed by atoms with E-state index in [0.717, 1.165) is 18.7 Å². The van der Waals surface area contributed by atoms with E-state index in [4.69, 9.17) is 0 Å². The van der Waals surface area contributed by atoms with Crippen LogP contribution in [0.25, 0.3) is 0 Å². The van der Waals surface area contributed by atoms with Crippen LogP contribution in [0.15, 0.2) is 60.8 Å². The number of rotatable bonds is 13. The standard InChI is InChI=1S/C34H44FN7O4/c1-5-25(24-11-9-8-10-12-24)31(39-32(44)29-15-16-36-42(29)7-3)33(45)38-27-14-13-23(21-26(27)35)22-28(37-30(43)6-2)34(46)41-19-17-40(4)18-20-41/h8-16,21,25,28,31H,5-7,17-20,22H2,1-4H3,(H,37,43)(H,38,45)(H,39,44)/t25-,28+,31-/m0/s1. The molecule has 2 aromatic carbocycles. The van der Waals surface area contributed by atoms with Gasteiger partial charge in [0.25, 0.3) is 5.91 Å². The minimum atomic E-state index is -1.02. The molecule has 1 aromatic heterocycles. The SMILES string of the molecule is CCC(=O)N[C@H](Cc1ccc(NC(=O)[C@@H](NC(=O)c2ccnn2CC)[C@@H](CC)c2ccccc2)c(F)c1)C(=O)N1CCN(C)CC1. The number of hydrogen-bond donors (Lipinski definition) is 3. The molecule has 12 heteroatoms. The number of anilines is 1. The van der Waals surface area contributed by atoms with Crippen LogP contribution in [-0.4, -0.2) is 88.5 Å². The second-order valence-corrected chi connectivity index (χ2v) is 11.5. The lowest BCUT2D eigenvalue weighted by Gasteiger charge is -2.34. The number of halogens is 1. The zero-order chi connectivity index (χ0) is 33.2. The van der Waals surface area contributed by atoms with E-state index in [1.54, 1.807) is 24.0 Å². The first kappa shape index (κ1) is 34.3. The summed E-state index contributed by atoms with van der Waals surface area (Å²) in [5.74, 6) is -2.60. The summed E-state index contributed by atoms with van der Waals surface area (Å²) in [5.41, 5.74) is 1.60. The van der Waals surface area contributed by atoms with Crippen LogP contribution in [0.3, 0.4) is 0 Å². The molecule has 2 heterocycles. The van der Waals surface area contributed by atoms with Crippen molar-refractivity contribution in [1.29, 1.82) is 0 Å². The summed E-state index contributed by atoms with van der Waals surface area (Å²) in [5, 5.41) is 12.5. The fraction of sp³-hybridized carbons (Fsp3) is 0.441. The lowest BCUT2D eigenvalue weighted by Crippen LogP contribution is -2.54. The average Bonchev–Trinajstić information content (AvgIpc) is 3.55. The molecule has 1 aliphatic rings. The van der Waals surface area contributed by atoms with E-state index in [1.807, 2.05) is 51.2 Å². The Labute approximate surface area is 269 Å². The second kappa shape index (κ2) is 16.1. The van der Waals surface area contributed by atoms with Crippen LogP contribution in [0.2, 0.25) is 0 Å². The molecule has 3 atom stereocenters. The Hall–Kier alpha value is -4.58. The van der Waals surface area contributed by atoms with Gasteiger partial charge in [0, 0.05) is 57.7 Å².